The van der Waals surface area contributed by atoms with Crippen LogP contribution in [-0.4, -0.2) is 39.3 Å². The van der Waals surface area contributed by atoms with Crippen molar-refractivity contribution >= 4 is 17.4 Å². The summed E-state index contributed by atoms with van der Waals surface area (Å²) < 4.78 is 0. The molecule has 1 aliphatic carbocycles. The number of nitrogens with zero attached hydrogens (tertiary/aromatic N) is 2. The fourth-order valence-corrected chi connectivity index (χ4v) is 3.57. The molecule has 0 aliphatic heterocycles. The zero-order valence-corrected chi connectivity index (χ0v) is 16.9. The molecule has 1 unspecified atom stereocenters. The Bertz CT molecular complexity index is 849. The zero-order valence-electron chi connectivity index (χ0n) is 16.9. The first kappa shape index (κ1) is 21.7. The average Bonchev–Trinajstić information content (AvgIpc) is 2.75. The molecule has 0 bridgehead atoms. The second kappa shape index (κ2) is 10.7. The SMILES string of the molecule is N=C(N)C(=CN)c1ccnc(NC2CCC(NC(O)NCc3ccccc3)CC2)n1. The molecule has 160 valence electrons. The minimum Gasteiger partial charge on any atom is -0.404 e. The van der Waals surface area contributed by atoms with Crippen LogP contribution in [0.4, 0.5) is 5.95 Å². The van der Waals surface area contributed by atoms with Gasteiger partial charge in [-0.2, -0.15) is 0 Å². The Labute approximate surface area is 176 Å². The maximum atomic E-state index is 10.2. The molecule has 0 amide bonds. The molecule has 0 radical (unpaired) electrons. The van der Waals surface area contributed by atoms with Crippen LogP contribution in [0.3, 0.4) is 0 Å². The maximum absolute atomic E-state index is 10.2. The highest BCUT2D eigenvalue weighted by Crippen LogP contribution is 2.22. The molecule has 9 heteroatoms. The molecule has 0 spiro atoms. The number of amidine groups is 1. The van der Waals surface area contributed by atoms with E-state index >= 15 is 0 Å². The predicted octanol–water partition coefficient (Wildman–Crippen LogP) is 1.09. The Morgan fingerprint density at radius 2 is 1.87 bits per heavy atom. The standard InChI is InChI=1S/C21H30N8O/c22-12-17(19(23)24)18-10-11-25-20(29-18)27-15-6-8-16(9-7-15)28-21(30)26-13-14-4-2-1-3-5-14/h1-5,10-12,15-16,21,26,28,30H,6-9,13,22H2,(H3,23,24)(H,25,27,29). The lowest BCUT2D eigenvalue weighted by Crippen LogP contribution is -2.48. The van der Waals surface area contributed by atoms with E-state index in [-0.39, 0.29) is 17.9 Å². The lowest BCUT2D eigenvalue weighted by Gasteiger charge is -2.31. The molecular formula is C21H30N8O. The maximum Gasteiger partial charge on any atom is 0.223 e. The number of aliphatic hydroxyl groups is 1. The minimum absolute atomic E-state index is 0.131. The van der Waals surface area contributed by atoms with E-state index < -0.39 is 6.35 Å². The highest BCUT2D eigenvalue weighted by Gasteiger charge is 2.23. The van der Waals surface area contributed by atoms with Gasteiger partial charge in [0, 0.05) is 31.0 Å². The van der Waals surface area contributed by atoms with E-state index in [1.807, 2.05) is 30.3 Å². The molecule has 1 saturated carbocycles. The third-order valence-corrected chi connectivity index (χ3v) is 5.18. The fourth-order valence-electron chi connectivity index (χ4n) is 3.57. The quantitative estimate of drug-likeness (QED) is 0.184. The lowest BCUT2D eigenvalue weighted by molar-refractivity contribution is 0.0786. The van der Waals surface area contributed by atoms with E-state index in [0.717, 1.165) is 31.2 Å². The monoisotopic (exact) mass is 410 g/mol. The van der Waals surface area contributed by atoms with E-state index in [1.54, 1.807) is 12.3 Å². The average molecular weight is 411 g/mol. The first-order valence-corrected chi connectivity index (χ1v) is 10.1. The molecular weight excluding hydrogens is 380 g/mol. The molecule has 0 saturated heterocycles. The van der Waals surface area contributed by atoms with Crippen LogP contribution in [-0.2, 0) is 6.54 Å². The number of nitrogens with one attached hydrogen (secondary N) is 4. The van der Waals surface area contributed by atoms with Gasteiger partial charge in [-0.15, -0.1) is 0 Å². The summed E-state index contributed by atoms with van der Waals surface area (Å²) in [6.07, 6.45) is 5.90. The normalized spacial score (nSPS) is 20.5. The van der Waals surface area contributed by atoms with E-state index in [1.165, 1.54) is 6.20 Å². The van der Waals surface area contributed by atoms with Crippen LogP contribution in [0.5, 0.6) is 0 Å². The van der Waals surface area contributed by atoms with Crippen LogP contribution in [0.15, 0.2) is 48.8 Å². The molecule has 2 aromatic rings. The van der Waals surface area contributed by atoms with Crippen LogP contribution in [0.25, 0.3) is 5.57 Å². The van der Waals surface area contributed by atoms with Crippen molar-refractivity contribution < 1.29 is 5.11 Å². The smallest absolute Gasteiger partial charge is 0.223 e. The Morgan fingerprint density at radius 3 is 2.53 bits per heavy atom. The molecule has 1 aromatic heterocycles. The summed E-state index contributed by atoms with van der Waals surface area (Å²) in [4.78, 5) is 8.69. The predicted molar refractivity (Wildman–Crippen MR) is 118 cm³/mol. The molecule has 1 atom stereocenters. The third-order valence-electron chi connectivity index (χ3n) is 5.18. The largest absolute Gasteiger partial charge is 0.404 e. The van der Waals surface area contributed by atoms with Crippen LogP contribution < -0.4 is 27.4 Å². The Kier molecular flexibility index (Phi) is 7.72. The van der Waals surface area contributed by atoms with Crippen molar-refractivity contribution in [2.75, 3.05) is 5.32 Å². The molecule has 3 rings (SSSR count). The molecule has 1 aromatic carbocycles. The van der Waals surface area contributed by atoms with E-state index in [2.05, 4.69) is 25.9 Å². The second-order valence-electron chi connectivity index (χ2n) is 7.39. The van der Waals surface area contributed by atoms with Crippen LogP contribution in [0.2, 0.25) is 0 Å². The summed E-state index contributed by atoms with van der Waals surface area (Å²) in [6.45, 7) is 0.610. The number of benzene rings is 1. The first-order valence-electron chi connectivity index (χ1n) is 10.1. The van der Waals surface area contributed by atoms with Crippen LogP contribution in [0, 0.1) is 5.41 Å². The summed E-state index contributed by atoms with van der Waals surface area (Å²) in [5.74, 6) is 0.363. The van der Waals surface area contributed by atoms with E-state index in [4.69, 9.17) is 16.9 Å². The number of aliphatic hydroxyl groups excluding tert-OH is 1. The number of anilines is 1. The van der Waals surface area contributed by atoms with Gasteiger partial charge in [-0.25, -0.2) is 9.97 Å². The van der Waals surface area contributed by atoms with Crippen molar-refractivity contribution in [3.8, 4) is 0 Å². The zero-order chi connectivity index (χ0) is 21.3. The minimum atomic E-state index is -0.743. The number of hydrogen-bond acceptors (Lipinski definition) is 8. The van der Waals surface area contributed by atoms with Crippen LogP contribution >= 0.6 is 0 Å². The Balaban J connectivity index is 1.44. The number of rotatable bonds is 9. The highest BCUT2D eigenvalue weighted by molar-refractivity contribution is 6.19. The Morgan fingerprint density at radius 1 is 1.17 bits per heavy atom. The summed E-state index contributed by atoms with van der Waals surface area (Å²) in [5.41, 5.74) is 13.1. The van der Waals surface area contributed by atoms with Crippen molar-refractivity contribution in [3.63, 3.8) is 0 Å². The van der Waals surface area contributed by atoms with Gasteiger partial charge >= 0.3 is 0 Å². The topological polar surface area (TPSA) is 158 Å². The van der Waals surface area contributed by atoms with Gasteiger partial charge in [-0.3, -0.25) is 16.0 Å². The van der Waals surface area contributed by atoms with E-state index in [0.29, 0.717) is 23.8 Å². The van der Waals surface area contributed by atoms with Gasteiger partial charge in [0.1, 0.15) is 5.84 Å². The van der Waals surface area contributed by atoms with Crippen molar-refractivity contribution in [2.45, 2.75) is 50.7 Å². The number of hydrogen-bond donors (Lipinski definition) is 7. The van der Waals surface area contributed by atoms with Gasteiger partial charge in [-0.05, 0) is 37.3 Å². The van der Waals surface area contributed by atoms with Crippen molar-refractivity contribution in [1.82, 2.24) is 20.6 Å². The molecule has 9 N–H and O–H groups in total. The molecule has 1 aliphatic rings. The second-order valence-corrected chi connectivity index (χ2v) is 7.39. The van der Waals surface area contributed by atoms with E-state index in [9.17, 15) is 5.11 Å². The van der Waals surface area contributed by atoms with Gasteiger partial charge in [0.05, 0.1) is 11.3 Å². The highest BCUT2D eigenvalue weighted by atomic mass is 16.3. The fraction of sp³-hybridized carbons (Fsp3) is 0.381. The summed E-state index contributed by atoms with van der Waals surface area (Å²) in [5, 5.41) is 27.5. The number of nitrogens with two attached hydrogens (primary N) is 2. The van der Waals surface area contributed by atoms with Crippen LogP contribution in [0.1, 0.15) is 36.9 Å². The molecule has 9 nitrogen and oxygen atoms in total. The molecule has 1 heterocycles. The van der Waals surface area contributed by atoms with Crippen molar-refractivity contribution in [1.29, 1.82) is 5.41 Å². The summed E-state index contributed by atoms with van der Waals surface area (Å²) in [6, 6.07) is 12.2. The van der Waals surface area contributed by atoms with Gasteiger partial charge in [0.25, 0.3) is 0 Å². The van der Waals surface area contributed by atoms with Gasteiger partial charge in [-0.1, -0.05) is 30.3 Å². The third kappa shape index (κ3) is 6.24. The van der Waals surface area contributed by atoms with Crippen molar-refractivity contribution in [2.24, 2.45) is 11.5 Å². The molecule has 30 heavy (non-hydrogen) atoms. The van der Waals surface area contributed by atoms with Gasteiger partial charge < -0.3 is 21.9 Å². The van der Waals surface area contributed by atoms with Crippen molar-refractivity contribution in [3.05, 3.63) is 60.1 Å². The Hall–Kier alpha value is -3.01. The number of aromatic nitrogens is 2. The van der Waals surface area contributed by atoms with Gasteiger partial charge in [0.2, 0.25) is 5.95 Å². The molecule has 1 fully saturated rings. The summed E-state index contributed by atoms with van der Waals surface area (Å²) >= 11 is 0. The lowest BCUT2D eigenvalue weighted by atomic mass is 9.91. The van der Waals surface area contributed by atoms with Gasteiger partial charge in [0.15, 0.2) is 6.35 Å². The summed E-state index contributed by atoms with van der Waals surface area (Å²) in [7, 11) is 0. The first-order chi connectivity index (χ1) is 14.5.